The number of amides is 1. The molecule has 10 nitrogen and oxygen atoms in total. The zero-order chi connectivity index (χ0) is 15.9. The molecule has 1 N–H and O–H groups in total. The van der Waals surface area contributed by atoms with E-state index in [2.05, 4.69) is 30.8 Å². The summed E-state index contributed by atoms with van der Waals surface area (Å²) in [4.78, 5) is 20.0. The van der Waals surface area contributed by atoms with Crippen LogP contribution in [0.5, 0.6) is 11.8 Å². The standard InChI is InChI=1S/C11H15N7O3S/c1-4-18-11(15-16-17-18)22-6-7(19)12-10-13-8(20-2)5-9(14-10)21-3/h5H,4,6H2,1-3H3,(H,12,13,14,19). The first-order valence-electron chi connectivity index (χ1n) is 6.32. The molecule has 1 amide bonds. The second-order valence-electron chi connectivity index (χ2n) is 3.89. The molecule has 0 aliphatic rings. The minimum atomic E-state index is -0.286. The maximum absolute atomic E-state index is 11.9. The number of carbonyl (C=O) groups excluding carboxylic acids is 1. The number of nitrogens with zero attached hydrogens (tertiary/aromatic N) is 6. The quantitative estimate of drug-likeness (QED) is 0.714. The van der Waals surface area contributed by atoms with Crippen molar-refractivity contribution in [2.24, 2.45) is 0 Å². The number of ether oxygens (including phenoxy) is 2. The summed E-state index contributed by atoms with van der Waals surface area (Å²) in [5.41, 5.74) is 0. The van der Waals surface area contributed by atoms with Gasteiger partial charge in [0, 0.05) is 6.54 Å². The van der Waals surface area contributed by atoms with E-state index in [-0.39, 0.29) is 17.6 Å². The Hall–Kier alpha value is -2.43. The average Bonchev–Trinajstić information content (AvgIpc) is 3.00. The smallest absolute Gasteiger partial charge is 0.237 e. The van der Waals surface area contributed by atoms with Crippen LogP contribution in [0, 0.1) is 0 Å². The number of nitrogens with one attached hydrogen (secondary N) is 1. The molecule has 0 radical (unpaired) electrons. The van der Waals surface area contributed by atoms with Gasteiger partial charge in [0.05, 0.1) is 26.0 Å². The summed E-state index contributed by atoms with van der Waals surface area (Å²) in [6.45, 7) is 2.55. The molecule has 0 atom stereocenters. The van der Waals surface area contributed by atoms with E-state index in [0.29, 0.717) is 23.5 Å². The molecular formula is C11H15N7O3S. The Balaban J connectivity index is 1.97. The lowest BCUT2D eigenvalue weighted by atomic mass is 10.6. The van der Waals surface area contributed by atoms with Crippen LogP contribution in [0.3, 0.4) is 0 Å². The van der Waals surface area contributed by atoms with Gasteiger partial charge in [-0.3, -0.25) is 10.1 Å². The van der Waals surface area contributed by atoms with Crippen LogP contribution in [0.2, 0.25) is 0 Å². The Labute approximate surface area is 130 Å². The third-order valence-corrected chi connectivity index (χ3v) is 3.44. The van der Waals surface area contributed by atoms with Crippen molar-refractivity contribution < 1.29 is 14.3 Å². The van der Waals surface area contributed by atoms with Crippen molar-refractivity contribution in [1.29, 1.82) is 0 Å². The average molecular weight is 325 g/mol. The van der Waals surface area contributed by atoms with E-state index in [1.165, 1.54) is 32.0 Å². The van der Waals surface area contributed by atoms with E-state index in [9.17, 15) is 4.79 Å². The Morgan fingerprint density at radius 2 is 2.00 bits per heavy atom. The highest BCUT2D eigenvalue weighted by Crippen LogP contribution is 2.18. The number of methoxy groups -OCH3 is 2. The molecule has 0 aromatic carbocycles. The van der Waals surface area contributed by atoms with Crippen LogP contribution in [-0.2, 0) is 11.3 Å². The molecule has 2 heterocycles. The molecule has 118 valence electrons. The van der Waals surface area contributed by atoms with Crippen LogP contribution in [0.15, 0.2) is 11.2 Å². The van der Waals surface area contributed by atoms with Crippen molar-refractivity contribution in [3.8, 4) is 11.8 Å². The number of aromatic nitrogens is 6. The Kier molecular flexibility index (Phi) is 5.47. The summed E-state index contributed by atoms with van der Waals surface area (Å²) in [7, 11) is 2.93. The van der Waals surface area contributed by atoms with Gasteiger partial charge in [0.1, 0.15) is 0 Å². The Morgan fingerprint density at radius 1 is 1.32 bits per heavy atom. The van der Waals surface area contributed by atoms with Crippen LogP contribution < -0.4 is 14.8 Å². The largest absolute Gasteiger partial charge is 0.481 e. The SMILES string of the molecule is CCn1nnnc1SCC(=O)Nc1nc(OC)cc(OC)n1. The number of rotatable bonds is 7. The normalized spacial score (nSPS) is 10.3. The fourth-order valence-electron chi connectivity index (χ4n) is 1.46. The first-order chi connectivity index (χ1) is 10.7. The number of anilines is 1. The van der Waals surface area contributed by atoms with E-state index in [1.54, 1.807) is 4.68 Å². The predicted octanol–water partition coefficient (Wildman–Crippen LogP) is 0.231. The molecule has 2 aromatic rings. The van der Waals surface area contributed by atoms with Gasteiger partial charge < -0.3 is 9.47 Å². The minimum Gasteiger partial charge on any atom is -0.481 e. The zero-order valence-electron chi connectivity index (χ0n) is 12.3. The van der Waals surface area contributed by atoms with Crippen LogP contribution in [0.4, 0.5) is 5.95 Å². The van der Waals surface area contributed by atoms with Gasteiger partial charge in [-0.05, 0) is 17.4 Å². The molecule has 22 heavy (non-hydrogen) atoms. The van der Waals surface area contributed by atoms with E-state index in [4.69, 9.17) is 9.47 Å². The second-order valence-corrected chi connectivity index (χ2v) is 4.83. The molecule has 0 unspecified atom stereocenters. The first-order valence-corrected chi connectivity index (χ1v) is 7.30. The van der Waals surface area contributed by atoms with Gasteiger partial charge in [0.25, 0.3) is 0 Å². The van der Waals surface area contributed by atoms with Gasteiger partial charge in [-0.1, -0.05) is 11.8 Å². The summed E-state index contributed by atoms with van der Waals surface area (Å²) < 4.78 is 11.6. The number of thioether (sulfide) groups is 1. The predicted molar refractivity (Wildman–Crippen MR) is 78.0 cm³/mol. The van der Waals surface area contributed by atoms with Gasteiger partial charge in [0.2, 0.25) is 28.8 Å². The van der Waals surface area contributed by atoms with E-state index >= 15 is 0 Å². The molecular weight excluding hydrogens is 310 g/mol. The van der Waals surface area contributed by atoms with Crippen molar-refractivity contribution in [2.75, 3.05) is 25.3 Å². The number of hydrogen-bond donors (Lipinski definition) is 1. The monoisotopic (exact) mass is 325 g/mol. The molecule has 0 aliphatic carbocycles. The summed E-state index contributed by atoms with van der Waals surface area (Å²) in [6, 6.07) is 1.51. The fourth-order valence-corrected chi connectivity index (χ4v) is 2.20. The van der Waals surface area contributed by atoms with Gasteiger partial charge in [-0.25, -0.2) is 4.68 Å². The molecule has 11 heteroatoms. The van der Waals surface area contributed by atoms with Crippen molar-refractivity contribution in [2.45, 2.75) is 18.6 Å². The van der Waals surface area contributed by atoms with Crippen molar-refractivity contribution in [1.82, 2.24) is 30.2 Å². The summed E-state index contributed by atoms with van der Waals surface area (Å²) in [5.74, 6) is 0.542. The van der Waals surface area contributed by atoms with Crippen molar-refractivity contribution in [3.05, 3.63) is 6.07 Å². The summed E-state index contributed by atoms with van der Waals surface area (Å²) >= 11 is 1.22. The molecule has 0 saturated carbocycles. The lowest BCUT2D eigenvalue weighted by Crippen LogP contribution is -2.17. The molecule has 0 bridgehead atoms. The van der Waals surface area contributed by atoms with Crippen LogP contribution in [-0.4, -0.2) is 56.1 Å². The highest BCUT2D eigenvalue weighted by Gasteiger charge is 2.12. The topological polar surface area (TPSA) is 117 Å². The first kappa shape index (κ1) is 15.9. The molecule has 0 fully saturated rings. The van der Waals surface area contributed by atoms with Gasteiger partial charge in [-0.15, -0.1) is 5.10 Å². The van der Waals surface area contributed by atoms with Gasteiger partial charge >= 0.3 is 0 Å². The van der Waals surface area contributed by atoms with Crippen LogP contribution in [0.1, 0.15) is 6.92 Å². The zero-order valence-corrected chi connectivity index (χ0v) is 13.1. The molecule has 2 rings (SSSR count). The summed E-state index contributed by atoms with van der Waals surface area (Å²) in [6.07, 6.45) is 0. The summed E-state index contributed by atoms with van der Waals surface area (Å²) in [5, 5.41) is 14.3. The van der Waals surface area contributed by atoms with Crippen LogP contribution >= 0.6 is 11.8 Å². The van der Waals surface area contributed by atoms with Crippen molar-refractivity contribution in [3.63, 3.8) is 0 Å². The number of tetrazole rings is 1. The van der Waals surface area contributed by atoms with E-state index < -0.39 is 0 Å². The number of hydrogen-bond acceptors (Lipinski definition) is 9. The molecule has 2 aromatic heterocycles. The lowest BCUT2D eigenvalue weighted by Gasteiger charge is -2.07. The fraction of sp³-hybridized carbons (Fsp3) is 0.455. The Morgan fingerprint density at radius 3 is 2.59 bits per heavy atom. The highest BCUT2D eigenvalue weighted by atomic mass is 32.2. The van der Waals surface area contributed by atoms with Gasteiger partial charge in [0.15, 0.2) is 0 Å². The van der Waals surface area contributed by atoms with Crippen molar-refractivity contribution >= 4 is 23.6 Å². The number of aryl methyl sites for hydroxylation is 1. The maximum atomic E-state index is 11.9. The third kappa shape index (κ3) is 4.04. The van der Waals surface area contributed by atoms with Gasteiger partial charge in [-0.2, -0.15) is 9.97 Å². The Bertz CT molecular complexity index is 626. The third-order valence-electron chi connectivity index (χ3n) is 2.48. The number of carbonyl (C=O) groups is 1. The minimum absolute atomic E-state index is 0.108. The lowest BCUT2D eigenvalue weighted by molar-refractivity contribution is -0.113. The molecule has 0 aliphatic heterocycles. The van der Waals surface area contributed by atoms with E-state index in [0.717, 1.165) is 0 Å². The second kappa shape index (κ2) is 7.54. The molecule has 0 saturated heterocycles. The molecule has 0 spiro atoms. The highest BCUT2D eigenvalue weighted by molar-refractivity contribution is 7.99. The van der Waals surface area contributed by atoms with E-state index in [1.807, 2.05) is 6.92 Å². The maximum Gasteiger partial charge on any atom is 0.237 e. The van der Waals surface area contributed by atoms with Crippen LogP contribution in [0.25, 0.3) is 0 Å².